The number of aryl methyl sites for hydroxylation is 1. The smallest absolute Gasteiger partial charge is 0.273 e. The number of rotatable bonds is 4. The van der Waals surface area contributed by atoms with Crippen LogP contribution in [-0.4, -0.2) is 58.5 Å². The van der Waals surface area contributed by atoms with E-state index in [1.165, 1.54) is 19.2 Å². The maximum absolute atomic E-state index is 12.9. The predicted octanol–water partition coefficient (Wildman–Crippen LogP) is 0.849. The van der Waals surface area contributed by atoms with Gasteiger partial charge in [0.05, 0.1) is 18.1 Å². The summed E-state index contributed by atoms with van der Waals surface area (Å²) in [6.07, 6.45) is 4.26. The van der Waals surface area contributed by atoms with Gasteiger partial charge in [-0.1, -0.05) is 0 Å². The number of carbonyl (C=O) groups is 2. The Labute approximate surface area is 147 Å². The van der Waals surface area contributed by atoms with Gasteiger partial charge in [-0.25, -0.2) is 9.97 Å². The molecule has 2 amide bonds. The van der Waals surface area contributed by atoms with Crippen molar-refractivity contribution in [3.05, 3.63) is 23.3 Å². The average Bonchev–Trinajstić information content (AvgIpc) is 3.38. The SMILES string of the molecule is Cc1ncnc(C(=O)N2CC3CC(C(=O)NCC4CC4)C(C2)O3)c1C. The highest BCUT2D eigenvalue weighted by atomic mass is 16.5. The van der Waals surface area contributed by atoms with Crippen LogP contribution in [0.4, 0.5) is 0 Å². The largest absolute Gasteiger partial charge is 0.370 e. The van der Waals surface area contributed by atoms with Gasteiger partial charge in [-0.2, -0.15) is 0 Å². The van der Waals surface area contributed by atoms with E-state index in [0.29, 0.717) is 31.1 Å². The molecule has 1 aromatic heterocycles. The first kappa shape index (κ1) is 16.4. The van der Waals surface area contributed by atoms with E-state index < -0.39 is 0 Å². The summed E-state index contributed by atoms with van der Waals surface area (Å²) in [4.78, 5) is 35.4. The van der Waals surface area contributed by atoms with Crippen molar-refractivity contribution in [1.82, 2.24) is 20.2 Å². The molecule has 1 N–H and O–H groups in total. The van der Waals surface area contributed by atoms with Gasteiger partial charge in [0.2, 0.25) is 5.91 Å². The van der Waals surface area contributed by atoms with Crippen LogP contribution in [0.3, 0.4) is 0 Å². The zero-order valence-electron chi connectivity index (χ0n) is 14.7. The summed E-state index contributed by atoms with van der Waals surface area (Å²) >= 11 is 0. The van der Waals surface area contributed by atoms with E-state index in [1.807, 2.05) is 13.8 Å². The van der Waals surface area contributed by atoms with E-state index in [2.05, 4.69) is 15.3 Å². The highest BCUT2D eigenvalue weighted by Crippen LogP contribution is 2.33. The van der Waals surface area contributed by atoms with E-state index in [0.717, 1.165) is 17.8 Å². The number of ether oxygens (including phenoxy) is 1. The van der Waals surface area contributed by atoms with Crippen LogP contribution in [0.25, 0.3) is 0 Å². The molecule has 25 heavy (non-hydrogen) atoms. The Morgan fingerprint density at radius 2 is 2.08 bits per heavy atom. The molecule has 3 atom stereocenters. The lowest BCUT2D eigenvalue weighted by Gasteiger charge is -2.32. The van der Waals surface area contributed by atoms with Crippen molar-refractivity contribution in [3.8, 4) is 0 Å². The molecule has 0 radical (unpaired) electrons. The third-order valence-corrected chi connectivity index (χ3v) is 5.58. The molecule has 3 unspecified atom stereocenters. The Morgan fingerprint density at radius 3 is 2.84 bits per heavy atom. The molecule has 1 aromatic rings. The zero-order valence-corrected chi connectivity index (χ0v) is 14.7. The molecule has 3 heterocycles. The zero-order chi connectivity index (χ0) is 17.6. The molecule has 134 valence electrons. The minimum Gasteiger partial charge on any atom is -0.370 e. The van der Waals surface area contributed by atoms with Gasteiger partial charge in [0.25, 0.3) is 5.91 Å². The van der Waals surface area contributed by atoms with Crippen molar-refractivity contribution < 1.29 is 14.3 Å². The first-order valence-electron chi connectivity index (χ1n) is 9.03. The van der Waals surface area contributed by atoms with Crippen LogP contribution in [0.2, 0.25) is 0 Å². The number of aromatic nitrogens is 2. The number of likely N-dealkylation sites (tertiary alicyclic amines) is 1. The van der Waals surface area contributed by atoms with Gasteiger partial charge in [-0.3, -0.25) is 9.59 Å². The minimum atomic E-state index is -0.217. The summed E-state index contributed by atoms with van der Waals surface area (Å²) in [7, 11) is 0. The van der Waals surface area contributed by atoms with E-state index in [4.69, 9.17) is 4.74 Å². The van der Waals surface area contributed by atoms with Crippen molar-refractivity contribution in [3.63, 3.8) is 0 Å². The molecule has 1 saturated carbocycles. The summed E-state index contributed by atoms with van der Waals surface area (Å²) < 4.78 is 5.94. The highest BCUT2D eigenvalue weighted by molar-refractivity contribution is 5.94. The Bertz CT molecular complexity index is 704. The lowest BCUT2D eigenvalue weighted by molar-refractivity contribution is -0.127. The van der Waals surface area contributed by atoms with E-state index in [9.17, 15) is 9.59 Å². The fraction of sp³-hybridized carbons (Fsp3) is 0.667. The van der Waals surface area contributed by atoms with Crippen LogP contribution in [-0.2, 0) is 9.53 Å². The maximum Gasteiger partial charge on any atom is 0.273 e. The molecular weight excluding hydrogens is 320 g/mol. The molecule has 0 spiro atoms. The number of fused-ring (bicyclic) bond motifs is 2. The van der Waals surface area contributed by atoms with Crippen LogP contribution in [0.15, 0.2) is 6.33 Å². The van der Waals surface area contributed by atoms with E-state index in [1.54, 1.807) is 4.90 Å². The molecule has 7 nitrogen and oxygen atoms in total. The second-order valence-corrected chi connectivity index (χ2v) is 7.47. The van der Waals surface area contributed by atoms with Crippen LogP contribution >= 0.6 is 0 Å². The lowest BCUT2D eigenvalue weighted by atomic mass is 9.99. The van der Waals surface area contributed by atoms with Crippen LogP contribution in [0.5, 0.6) is 0 Å². The Hall–Kier alpha value is -2.02. The molecule has 2 saturated heterocycles. The maximum atomic E-state index is 12.9. The van der Waals surface area contributed by atoms with Gasteiger partial charge in [0.15, 0.2) is 0 Å². The van der Waals surface area contributed by atoms with Crippen molar-refractivity contribution >= 4 is 11.8 Å². The minimum absolute atomic E-state index is 0.0670. The number of carbonyl (C=O) groups excluding carboxylic acids is 2. The fourth-order valence-corrected chi connectivity index (χ4v) is 3.70. The molecule has 3 aliphatic rings. The Morgan fingerprint density at radius 1 is 1.28 bits per heavy atom. The first-order chi connectivity index (χ1) is 12.0. The lowest BCUT2D eigenvalue weighted by Crippen LogP contribution is -2.48. The normalized spacial score (nSPS) is 28.1. The van der Waals surface area contributed by atoms with Crippen molar-refractivity contribution in [2.75, 3.05) is 19.6 Å². The summed E-state index contributed by atoms with van der Waals surface area (Å²) in [6, 6.07) is 0. The predicted molar refractivity (Wildman–Crippen MR) is 89.9 cm³/mol. The molecular formula is C18H24N4O3. The number of nitrogens with zero attached hydrogens (tertiary/aromatic N) is 3. The van der Waals surface area contributed by atoms with Crippen molar-refractivity contribution in [1.29, 1.82) is 0 Å². The van der Waals surface area contributed by atoms with E-state index >= 15 is 0 Å². The highest BCUT2D eigenvalue weighted by Gasteiger charge is 2.46. The second kappa shape index (κ2) is 6.37. The summed E-state index contributed by atoms with van der Waals surface area (Å²) in [5, 5.41) is 3.05. The van der Waals surface area contributed by atoms with Crippen molar-refractivity contribution in [2.45, 2.75) is 45.3 Å². The van der Waals surface area contributed by atoms with Gasteiger partial charge in [0.1, 0.15) is 12.0 Å². The van der Waals surface area contributed by atoms with Crippen LogP contribution in [0.1, 0.15) is 41.0 Å². The van der Waals surface area contributed by atoms with Gasteiger partial charge in [-0.05, 0) is 39.0 Å². The Kier molecular flexibility index (Phi) is 4.19. The number of hydrogen-bond acceptors (Lipinski definition) is 5. The fourth-order valence-electron chi connectivity index (χ4n) is 3.70. The van der Waals surface area contributed by atoms with Gasteiger partial charge in [-0.15, -0.1) is 0 Å². The summed E-state index contributed by atoms with van der Waals surface area (Å²) in [5.41, 5.74) is 2.07. The number of hydrogen-bond donors (Lipinski definition) is 1. The monoisotopic (exact) mass is 344 g/mol. The first-order valence-corrected chi connectivity index (χ1v) is 9.03. The number of amides is 2. The van der Waals surface area contributed by atoms with E-state index in [-0.39, 0.29) is 29.9 Å². The summed E-state index contributed by atoms with van der Waals surface area (Å²) in [5.74, 6) is 0.477. The number of nitrogens with one attached hydrogen (secondary N) is 1. The molecule has 2 bridgehead atoms. The van der Waals surface area contributed by atoms with Gasteiger partial charge in [0, 0.05) is 30.9 Å². The molecule has 4 rings (SSSR count). The average molecular weight is 344 g/mol. The van der Waals surface area contributed by atoms with Gasteiger partial charge >= 0.3 is 0 Å². The molecule has 0 aromatic carbocycles. The van der Waals surface area contributed by atoms with Crippen molar-refractivity contribution in [2.24, 2.45) is 11.8 Å². The van der Waals surface area contributed by atoms with Gasteiger partial charge < -0.3 is 15.0 Å². The Balaban J connectivity index is 1.43. The second-order valence-electron chi connectivity index (χ2n) is 7.47. The molecule has 7 heteroatoms. The third-order valence-electron chi connectivity index (χ3n) is 5.58. The molecule has 2 aliphatic heterocycles. The molecule has 3 fully saturated rings. The molecule has 1 aliphatic carbocycles. The quantitative estimate of drug-likeness (QED) is 0.875. The van der Waals surface area contributed by atoms with Crippen LogP contribution in [0, 0.1) is 25.7 Å². The number of morpholine rings is 1. The third kappa shape index (κ3) is 3.25. The van der Waals surface area contributed by atoms with Crippen LogP contribution < -0.4 is 5.32 Å². The summed E-state index contributed by atoms with van der Waals surface area (Å²) in [6.45, 7) is 5.47. The standard InChI is InChI=1S/C18H24N4O3/c1-10-11(2)20-9-21-16(10)18(24)22-7-13-5-14(15(8-22)25-13)17(23)19-6-12-3-4-12/h9,12-15H,3-8H2,1-2H3,(H,19,23). The topological polar surface area (TPSA) is 84.4 Å².